The van der Waals surface area contributed by atoms with Crippen molar-refractivity contribution in [2.24, 2.45) is 0 Å². The monoisotopic (exact) mass is 744 g/mol. The van der Waals surface area contributed by atoms with Gasteiger partial charge in [0.2, 0.25) is 0 Å². The summed E-state index contributed by atoms with van der Waals surface area (Å²) in [5, 5.41) is 0. The van der Waals surface area contributed by atoms with Crippen molar-refractivity contribution >= 4 is 46.1 Å². The standard InChI is InChI=1S/C50H52N2O4/c1-31-19-23-41(29-33(31)3)51(47-17-13-11-15-43(47)37(7)49(53)55-9)45-25-21-39(27-35(45)5)40-22-26-46(36(6)28-40)52(42-24-20-32(2)34(4)30-42)48-18-14-12-16-44(48)38(8)50(54)56-10/h11-30,37-38H,1-10H3. The second-order valence-corrected chi connectivity index (χ2v) is 14.8. The molecule has 0 saturated carbocycles. The Morgan fingerprint density at radius 1 is 0.429 bits per heavy atom. The summed E-state index contributed by atoms with van der Waals surface area (Å²) in [6, 6.07) is 42.3. The molecule has 0 saturated heterocycles. The Balaban J connectivity index is 1.46. The van der Waals surface area contributed by atoms with E-state index in [-0.39, 0.29) is 11.9 Å². The number of aryl methyl sites for hydroxylation is 6. The van der Waals surface area contributed by atoms with Crippen LogP contribution in [0.25, 0.3) is 11.1 Å². The van der Waals surface area contributed by atoms with Gasteiger partial charge in [0.15, 0.2) is 0 Å². The van der Waals surface area contributed by atoms with E-state index in [9.17, 15) is 9.59 Å². The van der Waals surface area contributed by atoms with Crippen molar-refractivity contribution in [2.45, 2.75) is 67.2 Å². The van der Waals surface area contributed by atoms with Crippen LogP contribution in [0.1, 0.15) is 70.2 Å². The van der Waals surface area contributed by atoms with Crippen LogP contribution >= 0.6 is 0 Å². The normalized spacial score (nSPS) is 12.1. The highest BCUT2D eigenvalue weighted by atomic mass is 16.5. The molecular formula is C50H52N2O4. The van der Waals surface area contributed by atoms with Gasteiger partial charge in [-0.25, -0.2) is 0 Å². The maximum Gasteiger partial charge on any atom is 0.312 e. The van der Waals surface area contributed by atoms with E-state index >= 15 is 0 Å². The first-order valence-corrected chi connectivity index (χ1v) is 19.1. The number of hydrogen-bond donors (Lipinski definition) is 0. The molecule has 6 aromatic carbocycles. The van der Waals surface area contributed by atoms with Gasteiger partial charge in [0.1, 0.15) is 0 Å². The van der Waals surface area contributed by atoms with Crippen LogP contribution in [0.3, 0.4) is 0 Å². The number of carbonyl (C=O) groups is 2. The second kappa shape index (κ2) is 16.7. The number of anilines is 6. The molecule has 0 fully saturated rings. The van der Waals surface area contributed by atoms with Crippen molar-refractivity contribution in [3.8, 4) is 11.1 Å². The second-order valence-electron chi connectivity index (χ2n) is 14.8. The molecule has 0 radical (unpaired) electrons. The fourth-order valence-corrected chi connectivity index (χ4v) is 7.44. The summed E-state index contributed by atoms with van der Waals surface area (Å²) in [6.07, 6.45) is 0. The quantitative estimate of drug-likeness (QED) is 0.123. The molecule has 286 valence electrons. The van der Waals surface area contributed by atoms with Gasteiger partial charge >= 0.3 is 11.9 Å². The zero-order valence-corrected chi connectivity index (χ0v) is 34.2. The Labute approximate surface area is 332 Å². The van der Waals surface area contributed by atoms with Gasteiger partial charge in [-0.3, -0.25) is 9.59 Å². The Morgan fingerprint density at radius 3 is 1.14 bits per heavy atom. The molecule has 6 heteroatoms. The van der Waals surface area contributed by atoms with Crippen LogP contribution in [0.4, 0.5) is 34.1 Å². The van der Waals surface area contributed by atoms with Crippen LogP contribution < -0.4 is 9.80 Å². The fourth-order valence-electron chi connectivity index (χ4n) is 7.44. The van der Waals surface area contributed by atoms with Crippen LogP contribution in [0.15, 0.2) is 121 Å². The third-order valence-corrected chi connectivity index (χ3v) is 11.1. The topological polar surface area (TPSA) is 59.1 Å². The van der Waals surface area contributed by atoms with E-state index in [1.54, 1.807) is 0 Å². The van der Waals surface area contributed by atoms with E-state index in [4.69, 9.17) is 9.47 Å². The maximum atomic E-state index is 12.8. The number of benzene rings is 6. The number of rotatable bonds is 11. The predicted molar refractivity (Wildman–Crippen MR) is 231 cm³/mol. The smallest absolute Gasteiger partial charge is 0.312 e. The molecule has 0 aliphatic rings. The molecule has 2 atom stereocenters. The molecule has 0 aliphatic heterocycles. The number of ether oxygens (including phenoxy) is 2. The maximum absolute atomic E-state index is 12.8. The molecule has 0 bridgehead atoms. The van der Waals surface area contributed by atoms with Gasteiger partial charge < -0.3 is 19.3 Å². The van der Waals surface area contributed by atoms with Gasteiger partial charge in [-0.1, -0.05) is 60.7 Å². The van der Waals surface area contributed by atoms with Crippen molar-refractivity contribution in [1.29, 1.82) is 0 Å². The summed E-state index contributed by atoms with van der Waals surface area (Å²) in [5.74, 6) is -1.46. The molecular weight excluding hydrogens is 693 g/mol. The van der Waals surface area contributed by atoms with Crippen LogP contribution in [-0.2, 0) is 19.1 Å². The molecule has 6 rings (SSSR count). The highest BCUT2D eigenvalue weighted by Crippen LogP contribution is 2.44. The highest BCUT2D eigenvalue weighted by Gasteiger charge is 2.26. The largest absolute Gasteiger partial charge is 0.469 e. The first kappa shape index (κ1) is 39.6. The molecule has 0 N–H and O–H groups in total. The molecule has 0 aliphatic carbocycles. The lowest BCUT2D eigenvalue weighted by atomic mass is 9.95. The van der Waals surface area contributed by atoms with Gasteiger partial charge in [0.05, 0.1) is 37.4 Å². The minimum Gasteiger partial charge on any atom is -0.469 e. The molecule has 2 unspecified atom stereocenters. The average Bonchev–Trinajstić information content (AvgIpc) is 3.21. The van der Waals surface area contributed by atoms with E-state index in [1.165, 1.54) is 36.5 Å². The van der Waals surface area contributed by atoms with Crippen LogP contribution in [0.2, 0.25) is 0 Å². The van der Waals surface area contributed by atoms with E-state index in [1.807, 2.05) is 50.2 Å². The molecule has 6 nitrogen and oxygen atoms in total. The van der Waals surface area contributed by atoms with Gasteiger partial charge in [-0.15, -0.1) is 0 Å². The highest BCUT2D eigenvalue weighted by molar-refractivity contribution is 5.89. The lowest BCUT2D eigenvalue weighted by Gasteiger charge is -2.31. The Morgan fingerprint density at radius 2 is 0.804 bits per heavy atom. The van der Waals surface area contributed by atoms with Crippen molar-refractivity contribution < 1.29 is 19.1 Å². The van der Waals surface area contributed by atoms with E-state index in [0.717, 1.165) is 67.5 Å². The number of carbonyl (C=O) groups excluding carboxylic acids is 2. The number of para-hydroxylation sites is 2. The van der Waals surface area contributed by atoms with Crippen molar-refractivity contribution in [2.75, 3.05) is 24.0 Å². The summed E-state index contributed by atoms with van der Waals surface area (Å²) in [5.41, 5.74) is 16.9. The van der Waals surface area contributed by atoms with Crippen LogP contribution in [0.5, 0.6) is 0 Å². The zero-order valence-electron chi connectivity index (χ0n) is 34.2. The van der Waals surface area contributed by atoms with Crippen molar-refractivity contribution in [3.05, 3.63) is 166 Å². The first-order valence-electron chi connectivity index (χ1n) is 19.1. The Kier molecular flexibility index (Phi) is 11.8. The summed E-state index contributed by atoms with van der Waals surface area (Å²) in [4.78, 5) is 30.2. The summed E-state index contributed by atoms with van der Waals surface area (Å²) >= 11 is 0. The molecule has 0 aromatic heterocycles. The third-order valence-electron chi connectivity index (χ3n) is 11.1. The third kappa shape index (κ3) is 7.83. The fraction of sp³-hybridized carbons (Fsp3) is 0.240. The Hall–Kier alpha value is -6.14. The van der Waals surface area contributed by atoms with E-state index in [0.29, 0.717) is 0 Å². The zero-order chi connectivity index (χ0) is 40.3. The summed E-state index contributed by atoms with van der Waals surface area (Å²) < 4.78 is 10.4. The van der Waals surface area contributed by atoms with Gasteiger partial charge in [0, 0.05) is 22.7 Å². The number of methoxy groups -OCH3 is 2. The van der Waals surface area contributed by atoms with Crippen LogP contribution in [0, 0.1) is 41.5 Å². The molecule has 6 aromatic rings. The minimum absolute atomic E-state index is 0.277. The van der Waals surface area contributed by atoms with Gasteiger partial charge in [0.25, 0.3) is 0 Å². The molecule has 0 heterocycles. The lowest BCUT2D eigenvalue weighted by molar-refractivity contribution is -0.142. The van der Waals surface area contributed by atoms with E-state index < -0.39 is 11.8 Å². The van der Waals surface area contributed by atoms with Crippen molar-refractivity contribution in [3.63, 3.8) is 0 Å². The van der Waals surface area contributed by atoms with Gasteiger partial charge in [-0.05, 0) is 172 Å². The minimum atomic E-state index is -0.453. The van der Waals surface area contributed by atoms with Gasteiger partial charge in [-0.2, -0.15) is 0 Å². The van der Waals surface area contributed by atoms with Crippen LogP contribution in [-0.4, -0.2) is 26.2 Å². The summed E-state index contributed by atoms with van der Waals surface area (Å²) in [6.45, 7) is 16.6. The SMILES string of the molecule is COC(=O)C(C)c1ccccc1N(c1ccc(C)c(C)c1)c1ccc(-c2ccc(N(c3ccc(C)c(C)c3)c3ccccc3C(C)C(=O)OC)c(C)c2)cc1C. The molecule has 0 amide bonds. The Bertz CT molecular complexity index is 2250. The molecule has 0 spiro atoms. The number of hydrogen-bond acceptors (Lipinski definition) is 6. The first-order chi connectivity index (χ1) is 26.8. The lowest BCUT2D eigenvalue weighted by Crippen LogP contribution is -2.18. The number of esters is 2. The van der Waals surface area contributed by atoms with E-state index in [2.05, 4.69) is 136 Å². The summed E-state index contributed by atoms with van der Waals surface area (Å²) in [7, 11) is 2.87. The van der Waals surface area contributed by atoms with Crippen molar-refractivity contribution in [1.82, 2.24) is 0 Å². The predicted octanol–water partition coefficient (Wildman–Crippen LogP) is 12.7. The number of nitrogens with zero attached hydrogens (tertiary/aromatic N) is 2. The molecule has 56 heavy (non-hydrogen) atoms. The average molecular weight is 745 g/mol.